The topological polar surface area (TPSA) is 129 Å². The number of rotatable bonds is 3. The first-order chi connectivity index (χ1) is 10.2. The van der Waals surface area contributed by atoms with Crippen LogP contribution in [0.3, 0.4) is 0 Å². The summed E-state index contributed by atoms with van der Waals surface area (Å²) in [7, 11) is 1.69. The van der Waals surface area contributed by atoms with Gasteiger partial charge in [-0.2, -0.15) is 15.3 Å². The van der Waals surface area contributed by atoms with E-state index >= 15 is 0 Å². The fourth-order valence-electron chi connectivity index (χ4n) is 2.41. The van der Waals surface area contributed by atoms with Crippen molar-refractivity contribution in [1.29, 1.82) is 5.26 Å². The Morgan fingerprint density at radius 2 is 2.38 bits per heavy atom. The fourth-order valence-corrected chi connectivity index (χ4v) is 2.41. The van der Waals surface area contributed by atoms with Gasteiger partial charge in [-0.3, -0.25) is 0 Å². The second-order valence-corrected chi connectivity index (χ2v) is 4.70. The molecule has 0 spiro atoms. The molecule has 3 heterocycles. The third-order valence-corrected chi connectivity index (χ3v) is 3.45. The summed E-state index contributed by atoms with van der Waals surface area (Å²) in [5, 5.41) is 35.7. The molecule has 2 aromatic rings. The number of aromatic nitrogens is 4. The van der Waals surface area contributed by atoms with Crippen molar-refractivity contribution in [2.24, 2.45) is 0 Å². The molecule has 0 saturated carbocycles. The molecule has 0 radical (unpaired) electrons. The number of aliphatic hydroxyl groups is 2. The summed E-state index contributed by atoms with van der Waals surface area (Å²) in [5.74, 6) is 0.519. The molecule has 1 aliphatic rings. The zero-order chi connectivity index (χ0) is 15.0. The summed E-state index contributed by atoms with van der Waals surface area (Å²) in [4.78, 5) is 8.20. The van der Waals surface area contributed by atoms with E-state index in [2.05, 4.69) is 20.4 Å². The maximum absolute atomic E-state index is 9.81. The van der Waals surface area contributed by atoms with Gasteiger partial charge in [0.05, 0.1) is 24.3 Å². The SMILES string of the molecule is CNc1nc(C#N)nc2c1cnn2[C@H]1C[C@H](O)[C@@H](CO)O1. The molecule has 0 unspecified atom stereocenters. The lowest BCUT2D eigenvalue weighted by molar-refractivity contribution is -0.0470. The van der Waals surface area contributed by atoms with Gasteiger partial charge >= 0.3 is 0 Å². The third-order valence-electron chi connectivity index (χ3n) is 3.45. The summed E-state index contributed by atoms with van der Waals surface area (Å²) >= 11 is 0. The first-order valence-corrected chi connectivity index (χ1v) is 6.45. The van der Waals surface area contributed by atoms with Crippen molar-refractivity contribution in [3.05, 3.63) is 12.0 Å². The molecule has 1 aliphatic heterocycles. The highest BCUT2D eigenvalue weighted by molar-refractivity contribution is 5.86. The van der Waals surface area contributed by atoms with Crippen LogP contribution in [0.2, 0.25) is 0 Å². The van der Waals surface area contributed by atoms with Crippen LogP contribution in [0.1, 0.15) is 18.5 Å². The van der Waals surface area contributed by atoms with Gasteiger partial charge in [-0.05, 0) is 0 Å². The van der Waals surface area contributed by atoms with Gasteiger partial charge in [-0.15, -0.1) is 0 Å². The van der Waals surface area contributed by atoms with E-state index in [1.54, 1.807) is 13.2 Å². The lowest BCUT2D eigenvalue weighted by atomic mass is 10.2. The van der Waals surface area contributed by atoms with E-state index < -0.39 is 18.4 Å². The molecule has 0 aromatic carbocycles. The molecular weight excluding hydrogens is 276 g/mol. The van der Waals surface area contributed by atoms with Gasteiger partial charge in [0.1, 0.15) is 18.0 Å². The van der Waals surface area contributed by atoms with Crippen molar-refractivity contribution < 1.29 is 14.9 Å². The van der Waals surface area contributed by atoms with Crippen LogP contribution in [0.15, 0.2) is 6.20 Å². The Kier molecular flexibility index (Phi) is 3.42. The molecular formula is C12H14N6O3. The number of fused-ring (bicyclic) bond motifs is 1. The molecule has 0 aliphatic carbocycles. The highest BCUT2D eigenvalue weighted by Gasteiger charge is 2.36. The Balaban J connectivity index is 2.06. The zero-order valence-electron chi connectivity index (χ0n) is 11.3. The standard InChI is InChI=1S/C12H14N6O3/c1-14-11-6-4-15-18(12(6)17-9(3-13)16-11)10-2-7(20)8(5-19)21-10/h4,7-8,10,19-20H,2,5H2,1H3,(H,14,16,17)/t7-,8+,10+/m0/s1. The molecule has 110 valence electrons. The second kappa shape index (κ2) is 5.25. The molecule has 9 nitrogen and oxygen atoms in total. The van der Waals surface area contributed by atoms with Crippen LogP contribution in [0.5, 0.6) is 0 Å². The minimum Gasteiger partial charge on any atom is -0.394 e. The number of aliphatic hydroxyl groups excluding tert-OH is 2. The molecule has 1 fully saturated rings. The molecule has 0 amide bonds. The van der Waals surface area contributed by atoms with Crippen LogP contribution >= 0.6 is 0 Å². The number of nitrogens with zero attached hydrogens (tertiary/aromatic N) is 5. The normalized spacial score (nSPS) is 25.1. The van der Waals surface area contributed by atoms with Gasteiger partial charge < -0.3 is 20.3 Å². The van der Waals surface area contributed by atoms with Crippen LogP contribution in [0.4, 0.5) is 5.82 Å². The maximum atomic E-state index is 9.81. The van der Waals surface area contributed by atoms with Crippen molar-refractivity contribution >= 4 is 16.9 Å². The van der Waals surface area contributed by atoms with Gasteiger partial charge in [0.15, 0.2) is 11.9 Å². The van der Waals surface area contributed by atoms with E-state index in [4.69, 9.17) is 15.1 Å². The van der Waals surface area contributed by atoms with Gasteiger partial charge in [0, 0.05) is 13.5 Å². The molecule has 1 saturated heterocycles. The van der Waals surface area contributed by atoms with Crippen LogP contribution in [0.25, 0.3) is 11.0 Å². The van der Waals surface area contributed by atoms with Crippen molar-refractivity contribution in [2.45, 2.75) is 24.9 Å². The van der Waals surface area contributed by atoms with Crippen LogP contribution in [-0.2, 0) is 4.74 Å². The minimum atomic E-state index is -0.764. The van der Waals surface area contributed by atoms with E-state index in [-0.39, 0.29) is 12.4 Å². The van der Waals surface area contributed by atoms with E-state index in [1.165, 1.54) is 4.68 Å². The minimum absolute atomic E-state index is 0.0193. The Morgan fingerprint density at radius 3 is 3.00 bits per heavy atom. The molecule has 0 bridgehead atoms. The molecule has 3 atom stereocenters. The Morgan fingerprint density at radius 1 is 1.57 bits per heavy atom. The summed E-state index contributed by atoms with van der Waals surface area (Å²) in [6.07, 6.45) is -0.0796. The Hall–Kier alpha value is -2.28. The predicted octanol–water partition coefficient (Wildman–Crippen LogP) is -0.620. The lowest BCUT2D eigenvalue weighted by Gasteiger charge is -2.13. The van der Waals surface area contributed by atoms with Crippen molar-refractivity contribution in [3.8, 4) is 6.07 Å². The number of hydrogen-bond acceptors (Lipinski definition) is 8. The Labute approximate surface area is 119 Å². The molecule has 9 heteroatoms. The van der Waals surface area contributed by atoms with Crippen LogP contribution in [-0.4, -0.2) is 55.8 Å². The number of nitriles is 1. The average Bonchev–Trinajstić information content (AvgIpc) is 3.08. The van der Waals surface area contributed by atoms with Gasteiger partial charge in [0.25, 0.3) is 0 Å². The first-order valence-electron chi connectivity index (χ1n) is 6.45. The highest BCUT2D eigenvalue weighted by atomic mass is 16.5. The number of hydrogen-bond donors (Lipinski definition) is 3. The first kappa shape index (κ1) is 13.7. The smallest absolute Gasteiger partial charge is 0.236 e. The predicted molar refractivity (Wildman–Crippen MR) is 71.2 cm³/mol. The van der Waals surface area contributed by atoms with Gasteiger partial charge in [-0.25, -0.2) is 9.67 Å². The van der Waals surface area contributed by atoms with E-state index in [1.807, 2.05) is 6.07 Å². The van der Waals surface area contributed by atoms with Gasteiger partial charge in [0.2, 0.25) is 5.82 Å². The summed E-state index contributed by atoms with van der Waals surface area (Å²) in [6, 6.07) is 1.90. The summed E-state index contributed by atoms with van der Waals surface area (Å²) in [5.41, 5.74) is 0.446. The van der Waals surface area contributed by atoms with Crippen LogP contribution < -0.4 is 5.32 Å². The summed E-state index contributed by atoms with van der Waals surface area (Å²) < 4.78 is 7.06. The lowest BCUT2D eigenvalue weighted by Crippen LogP contribution is -2.24. The van der Waals surface area contributed by atoms with E-state index in [9.17, 15) is 5.11 Å². The highest BCUT2D eigenvalue weighted by Crippen LogP contribution is 2.31. The fraction of sp³-hybridized carbons (Fsp3) is 0.500. The van der Waals surface area contributed by atoms with E-state index in [0.29, 0.717) is 23.3 Å². The molecule has 3 rings (SSSR count). The van der Waals surface area contributed by atoms with Crippen molar-refractivity contribution in [1.82, 2.24) is 19.7 Å². The van der Waals surface area contributed by atoms with Gasteiger partial charge in [-0.1, -0.05) is 0 Å². The number of anilines is 1. The van der Waals surface area contributed by atoms with Crippen LogP contribution in [0, 0.1) is 11.3 Å². The quantitative estimate of drug-likeness (QED) is 0.682. The second-order valence-electron chi connectivity index (χ2n) is 4.70. The zero-order valence-corrected chi connectivity index (χ0v) is 11.3. The van der Waals surface area contributed by atoms with E-state index in [0.717, 1.165) is 0 Å². The molecule has 2 aromatic heterocycles. The van der Waals surface area contributed by atoms with Crippen molar-refractivity contribution in [3.63, 3.8) is 0 Å². The monoisotopic (exact) mass is 290 g/mol. The molecule has 3 N–H and O–H groups in total. The largest absolute Gasteiger partial charge is 0.394 e. The maximum Gasteiger partial charge on any atom is 0.236 e. The molecule has 21 heavy (non-hydrogen) atoms. The Bertz CT molecular complexity index is 709. The number of ether oxygens (including phenoxy) is 1. The van der Waals surface area contributed by atoms with Crippen molar-refractivity contribution in [2.75, 3.05) is 19.0 Å². The average molecular weight is 290 g/mol. The summed E-state index contributed by atoms with van der Waals surface area (Å²) in [6.45, 7) is -0.267. The third kappa shape index (κ3) is 2.19. The number of nitrogens with one attached hydrogen (secondary N) is 1.